The highest BCUT2D eigenvalue weighted by Gasteiger charge is 2.47. The third kappa shape index (κ3) is 6.17. The summed E-state index contributed by atoms with van der Waals surface area (Å²) >= 11 is 0. The first kappa shape index (κ1) is 24.6. The molecule has 0 aromatic carbocycles. The molecule has 0 spiro atoms. The maximum absolute atomic E-state index is 11.8. The lowest BCUT2D eigenvalue weighted by atomic mass is 9.99. The summed E-state index contributed by atoms with van der Waals surface area (Å²) in [5.41, 5.74) is -3.65. The van der Waals surface area contributed by atoms with Crippen molar-refractivity contribution in [3.05, 3.63) is 51.8 Å². The molecule has 1 aliphatic heterocycles. The summed E-state index contributed by atoms with van der Waals surface area (Å²) in [6.45, 7) is 2.31. The van der Waals surface area contributed by atoms with Crippen LogP contribution >= 0.6 is 23.5 Å². The molecule has 1 aliphatic rings. The zero-order valence-corrected chi connectivity index (χ0v) is 17.2. The molecule has 0 saturated carbocycles. The van der Waals surface area contributed by atoms with Gasteiger partial charge in [-0.05, 0) is 6.08 Å². The third-order valence-corrected chi connectivity index (χ3v) is 7.15. The number of phosphoric ester groups is 1. The average Bonchev–Trinajstić information content (AvgIpc) is 2.86. The van der Waals surface area contributed by atoms with Gasteiger partial charge >= 0.3 is 29.2 Å². The van der Waals surface area contributed by atoms with E-state index in [1.54, 1.807) is 0 Å². The van der Waals surface area contributed by atoms with Crippen LogP contribution in [-0.4, -0.2) is 52.5 Å². The van der Waals surface area contributed by atoms with Crippen molar-refractivity contribution < 1.29 is 56.3 Å². The van der Waals surface area contributed by atoms with Gasteiger partial charge < -0.3 is 29.4 Å². The van der Waals surface area contributed by atoms with Gasteiger partial charge in [-0.2, -0.15) is 8.62 Å². The summed E-state index contributed by atoms with van der Waals surface area (Å²) in [5.74, 6) is -0.321. The average molecular weight is 492 g/mol. The molecule has 2 unspecified atom stereocenters. The molecule has 0 fully saturated rings. The summed E-state index contributed by atoms with van der Waals surface area (Å²) in [5, 5.41) is 10.2. The Hall–Kier alpha value is -1.67. The molecule has 0 radical (unpaired) electrons. The Morgan fingerprint density at radius 2 is 1.83 bits per heavy atom. The number of phosphoric acid groups is 3. The first-order valence-electron chi connectivity index (χ1n) is 7.41. The fourth-order valence-electron chi connectivity index (χ4n) is 2.11. The van der Waals surface area contributed by atoms with Gasteiger partial charge in [0.1, 0.15) is 12.7 Å². The number of aliphatic hydroxyl groups excluding tert-OH is 1. The molecule has 16 nitrogen and oxygen atoms in total. The van der Waals surface area contributed by atoms with E-state index in [9.17, 15) is 33.3 Å². The third-order valence-electron chi connectivity index (χ3n) is 3.37. The van der Waals surface area contributed by atoms with Gasteiger partial charge in [-0.25, -0.2) is 23.1 Å². The fraction of sp³-hybridized carbons (Fsp3) is 0.273. The fourth-order valence-corrected chi connectivity index (χ4v) is 5.17. The summed E-state index contributed by atoms with van der Waals surface area (Å²) in [7, 11) is -16.8. The van der Waals surface area contributed by atoms with Crippen LogP contribution in [0.2, 0.25) is 0 Å². The van der Waals surface area contributed by atoms with E-state index in [1.165, 1.54) is 0 Å². The molecule has 0 bridgehead atoms. The Kier molecular flexibility index (Phi) is 6.94. The minimum absolute atomic E-state index is 0.321. The maximum atomic E-state index is 11.8. The number of H-pyrrole nitrogens is 1. The van der Waals surface area contributed by atoms with E-state index in [1.807, 2.05) is 4.98 Å². The van der Waals surface area contributed by atoms with Crippen LogP contribution in [0, 0.1) is 0 Å². The summed E-state index contributed by atoms with van der Waals surface area (Å²) in [4.78, 5) is 60.5. The highest BCUT2D eigenvalue weighted by atomic mass is 31.3. The standard InChI is InChI=1S/C11H15N2O14P3/c1-2-11(6-24-29(20,21)27-30(22,23)26-28(17,18)19)7(14)5-9(25-11)13-4-3-8(15)12-10(13)16/h2-5,7,14H,1,6H2,(H,20,21)(H,22,23)(H,12,15,16)(H2,17,18,19)/t7-,11+/m0/s1. The van der Waals surface area contributed by atoms with Crippen LogP contribution in [0.4, 0.5) is 0 Å². The van der Waals surface area contributed by atoms with Crippen molar-refractivity contribution in [1.29, 1.82) is 0 Å². The Morgan fingerprint density at radius 3 is 2.37 bits per heavy atom. The van der Waals surface area contributed by atoms with Crippen molar-refractivity contribution in [2.24, 2.45) is 0 Å². The van der Waals surface area contributed by atoms with E-state index < -0.39 is 53.0 Å². The van der Waals surface area contributed by atoms with E-state index in [0.717, 1.165) is 29.0 Å². The molecule has 168 valence electrons. The maximum Gasteiger partial charge on any atom is 0.490 e. The first-order valence-corrected chi connectivity index (χ1v) is 11.9. The van der Waals surface area contributed by atoms with Crippen molar-refractivity contribution in [2.75, 3.05) is 6.61 Å². The van der Waals surface area contributed by atoms with Crippen molar-refractivity contribution in [3.8, 4) is 0 Å². The lowest BCUT2D eigenvalue weighted by Crippen LogP contribution is -2.42. The molecule has 1 aromatic heterocycles. The van der Waals surface area contributed by atoms with Crippen LogP contribution in [0.25, 0.3) is 5.88 Å². The van der Waals surface area contributed by atoms with E-state index in [2.05, 4.69) is 19.7 Å². The van der Waals surface area contributed by atoms with Gasteiger partial charge in [0.15, 0.2) is 5.60 Å². The van der Waals surface area contributed by atoms with Crippen LogP contribution in [0.15, 0.2) is 40.6 Å². The van der Waals surface area contributed by atoms with Crippen LogP contribution in [-0.2, 0) is 31.6 Å². The number of nitrogens with zero attached hydrogens (tertiary/aromatic N) is 1. The lowest BCUT2D eigenvalue weighted by molar-refractivity contribution is -0.0325. The van der Waals surface area contributed by atoms with Crippen molar-refractivity contribution in [2.45, 2.75) is 11.7 Å². The predicted molar refractivity (Wildman–Crippen MR) is 95.4 cm³/mol. The van der Waals surface area contributed by atoms with E-state index in [4.69, 9.17) is 19.4 Å². The number of aromatic nitrogens is 2. The topological polar surface area (TPSA) is 244 Å². The SMILES string of the molecule is C=C[C@]1(COP(=O)(O)OP(=O)(O)OP(=O)(O)O)OC(n2ccc(=O)[nH]c2=O)=C[C@@H]1O. The predicted octanol–water partition coefficient (Wildman–Crippen LogP) is -1.01. The molecule has 2 heterocycles. The lowest BCUT2D eigenvalue weighted by Gasteiger charge is -2.29. The molecular weight excluding hydrogens is 477 g/mol. The molecule has 4 atom stereocenters. The molecule has 19 heteroatoms. The van der Waals surface area contributed by atoms with Crippen LogP contribution < -0.4 is 11.2 Å². The molecule has 6 N–H and O–H groups in total. The molecular formula is C11H15N2O14P3. The smallest absolute Gasteiger partial charge is 0.462 e. The van der Waals surface area contributed by atoms with E-state index >= 15 is 0 Å². The zero-order chi connectivity index (χ0) is 23.0. The minimum atomic E-state index is -5.74. The van der Waals surface area contributed by atoms with Crippen molar-refractivity contribution >= 4 is 29.4 Å². The Balaban J connectivity index is 2.17. The quantitative estimate of drug-likeness (QED) is 0.179. The van der Waals surface area contributed by atoms with Gasteiger partial charge in [0.05, 0.1) is 0 Å². The normalized spacial score (nSPS) is 25.6. The summed E-state index contributed by atoms with van der Waals surface area (Å²) in [6, 6.07) is 0.970. The highest BCUT2D eigenvalue weighted by molar-refractivity contribution is 7.66. The van der Waals surface area contributed by atoms with Gasteiger partial charge in [-0.3, -0.25) is 14.3 Å². The van der Waals surface area contributed by atoms with Gasteiger partial charge in [0.2, 0.25) is 5.88 Å². The second-order valence-corrected chi connectivity index (χ2v) is 9.98. The zero-order valence-electron chi connectivity index (χ0n) is 14.5. The van der Waals surface area contributed by atoms with E-state index in [0.29, 0.717) is 0 Å². The summed E-state index contributed by atoms with van der Waals surface area (Å²) in [6.07, 6.45) is 1.28. The first-order chi connectivity index (χ1) is 13.6. The van der Waals surface area contributed by atoms with Gasteiger partial charge in [0.25, 0.3) is 5.56 Å². The monoisotopic (exact) mass is 492 g/mol. The van der Waals surface area contributed by atoms with Crippen LogP contribution in [0.1, 0.15) is 0 Å². The second-order valence-electron chi connectivity index (χ2n) is 5.56. The number of aromatic amines is 1. The second kappa shape index (κ2) is 8.46. The number of rotatable bonds is 9. The van der Waals surface area contributed by atoms with E-state index in [-0.39, 0.29) is 5.88 Å². The van der Waals surface area contributed by atoms with Crippen molar-refractivity contribution in [3.63, 3.8) is 0 Å². The molecule has 1 aromatic rings. The largest absolute Gasteiger partial charge is 0.490 e. The molecule has 2 rings (SSSR count). The Bertz CT molecular complexity index is 1120. The molecule has 30 heavy (non-hydrogen) atoms. The van der Waals surface area contributed by atoms with Gasteiger partial charge in [-0.15, -0.1) is 0 Å². The van der Waals surface area contributed by atoms with Gasteiger partial charge in [-0.1, -0.05) is 6.58 Å². The number of hydrogen-bond donors (Lipinski definition) is 6. The van der Waals surface area contributed by atoms with Crippen molar-refractivity contribution in [1.82, 2.24) is 9.55 Å². The number of aliphatic hydroxyl groups is 1. The summed E-state index contributed by atoms with van der Waals surface area (Å²) < 4.78 is 51.5. The van der Waals surface area contributed by atoms with Crippen LogP contribution in [0.3, 0.4) is 0 Å². The number of nitrogens with one attached hydrogen (secondary N) is 1. The Morgan fingerprint density at radius 1 is 1.20 bits per heavy atom. The highest BCUT2D eigenvalue weighted by Crippen LogP contribution is 2.66. The van der Waals surface area contributed by atoms with Gasteiger partial charge in [0, 0.05) is 18.3 Å². The van der Waals surface area contributed by atoms with Crippen LogP contribution in [0.5, 0.6) is 0 Å². The minimum Gasteiger partial charge on any atom is -0.462 e. The molecule has 0 amide bonds. The number of ether oxygens (including phenoxy) is 1. The Labute approximate surface area is 166 Å². The molecule has 0 aliphatic carbocycles. The molecule has 0 saturated heterocycles. The number of hydrogen-bond acceptors (Lipinski definition) is 10.